The van der Waals surface area contributed by atoms with E-state index in [1.165, 1.54) is 11.3 Å². The van der Waals surface area contributed by atoms with Crippen molar-refractivity contribution in [2.24, 2.45) is 0 Å². The lowest BCUT2D eigenvalue weighted by Gasteiger charge is -2.32. The van der Waals surface area contributed by atoms with Crippen molar-refractivity contribution in [2.45, 2.75) is 45.3 Å². The summed E-state index contributed by atoms with van der Waals surface area (Å²) < 4.78 is 10.6. The zero-order valence-corrected chi connectivity index (χ0v) is 16.0. The number of hydrogen-bond acceptors (Lipinski definition) is 6. The molecule has 1 N–H and O–H groups in total. The number of nitrogens with one attached hydrogen (secondary N) is 1. The third kappa shape index (κ3) is 4.63. The number of carbonyl (C=O) groups is 2. The highest BCUT2D eigenvalue weighted by Crippen LogP contribution is 2.25. The predicted molar refractivity (Wildman–Crippen MR) is 98.1 cm³/mol. The Kier molecular flexibility index (Phi) is 5.31. The number of aromatic nitrogens is 1. The van der Waals surface area contributed by atoms with Gasteiger partial charge in [0.2, 0.25) is 0 Å². The Morgan fingerprint density at radius 3 is 2.69 bits per heavy atom. The molecule has 1 fully saturated rings. The standard InChI is InChI=1S/C18H23N3O4S/c1-18(2,3)25-17(23)19-12-6-8-21(9-7-12)16(22)13-11-26-15(20-13)14-5-4-10-24-14/h4-5,10-12H,6-9H2,1-3H3,(H,19,23). The van der Waals surface area contributed by atoms with Gasteiger partial charge in [0.1, 0.15) is 11.3 Å². The molecule has 3 rings (SSSR count). The number of amides is 2. The summed E-state index contributed by atoms with van der Waals surface area (Å²) in [6, 6.07) is 3.63. The monoisotopic (exact) mass is 377 g/mol. The van der Waals surface area contributed by atoms with Crippen LogP contribution < -0.4 is 5.32 Å². The third-order valence-electron chi connectivity index (χ3n) is 3.96. The van der Waals surface area contributed by atoms with Gasteiger partial charge in [-0.1, -0.05) is 0 Å². The molecule has 140 valence electrons. The third-order valence-corrected chi connectivity index (χ3v) is 4.82. The minimum Gasteiger partial charge on any atom is -0.462 e. The fourth-order valence-corrected chi connectivity index (χ4v) is 3.51. The second-order valence-electron chi connectivity index (χ2n) is 7.23. The Hall–Kier alpha value is -2.35. The molecule has 1 saturated heterocycles. The van der Waals surface area contributed by atoms with Crippen molar-refractivity contribution in [3.63, 3.8) is 0 Å². The Morgan fingerprint density at radius 2 is 2.08 bits per heavy atom. The molecule has 2 amide bonds. The number of furan rings is 1. The fourth-order valence-electron chi connectivity index (χ4n) is 2.75. The number of thiazole rings is 1. The van der Waals surface area contributed by atoms with Crippen molar-refractivity contribution in [2.75, 3.05) is 13.1 Å². The molecule has 0 radical (unpaired) electrons. The van der Waals surface area contributed by atoms with Crippen LogP contribution in [0, 0.1) is 0 Å². The van der Waals surface area contributed by atoms with Gasteiger partial charge in [0.15, 0.2) is 10.8 Å². The molecule has 8 heteroatoms. The molecular formula is C18H23N3O4S. The van der Waals surface area contributed by atoms with E-state index in [4.69, 9.17) is 9.15 Å². The van der Waals surface area contributed by atoms with Gasteiger partial charge in [-0.25, -0.2) is 9.78 Å². The highest BCUT2D eigenvalue weighted by atomic mass is 32.1. The molecule has 1 aliphatic heterocycles. The summed E-state index contributed by atoms with van der Waals surface area (Å²) in [7, 11) is 0. The topological polar surface area (TPSA) is 84.7 Å². The van der Waals surface area contributed by atoms with Gasteiger partial charge < -0.3 is 19.4 Å². The maximum absolute atomic E-state index is 12.6. The van der Waals surface area contributed by atoms with Crippen molar-refractivity contribution in [3.8, 4) is 10.8 Å². The van der Waals surface area contributed by atoms with Crippen LogP contribution >= 0.6 is 11.3 Å². The van der Waals surface area contributed by atoms with Gasteiger partial charge >= 0.3 is 6.09 Å². The summed E-state index contributed by atoms with van der Waals surface area (Å²) in [6.07, 6.45) is 2.56. The number of hydrogen-bond donors (Lipinski definition) is 1. The van der Waals surface area contributed by atoms with Gasteiger partial charge in [0.25, 0.3) is 5.91 Å². The molecule has 0 saturated carbocycles. The molecule has 0 unspecified atom stereocenters. The molecule has 26 heavy (non-hydrogen) atoms. The molecular weight excluding hydrogens is 354 g/mol. The maximum Gasteiger partial charge on any atom is 0.407 e. The van der Waals surface area contributed by atoms with E-state index in [1.54, 1.807) is 22.6 Å². The van der Waals surface area contributed by atoms with E-state index in [1.807, 2.05) is 26.8 Å². The molecule has 0 aromatic carbocycles. The van der Waals surface area contributed by atoms with Crippen molar-refractivity contribution >= 4 is 23.3 Å². The first kappa shape index (κ1) is 18.4. The summed E-state index contributed by atoms with van der Waals surface area (Å²) in [6.45, 7) is 6.65. The van der Waals surface area contributed by atoms with Crippen LogP contribution in [0.1, 0.15) is 44.1 Å². The lowest BCUT2D eigenvalue weighted by Crippen LogP contribution is -2.47. The van der Waals surface area contributed by atoms with E-state index < -0.39 is 11.7 Å². The van der Waals surface area contributed by atoms with Gasteiger partial charge in [-0.05, 0) is 45.7 Å². The van der Waals surface area contributed by atoms with Gasteiger partial charge in [-0.2, -0.15) is 0 Å². The molecule has 2 aromatic heterocycles. The normalized spacial score (nSPS) is 15.7. The summed E-state index contributed by atoms with van der Waals surface area (Å²) in [5, 5.41) is 5.32. The Morgan fingerprint density at radius 1 is 1.35 bits per heavy atom. The zero-order valence-electron chi connectivity index (χ0n) is 15.2. The van der Waals surface area contributed by atoms with E-state index >= 15 is 0 Å². The fraction of sp³-hybridized carbons (Fsp3) is 0.500. The van der Waals surface area contributed by atoms with Gasteiger partial charge in [0, 0.05) is 24.5 Å². The van der Waals surface area contributed by atoms with Crippen LogP contribution in [0.5, 0.6) is 0 Å². The number of nitrogens with zero attached hydrogens (tertiary/aromatic N) is 2. The minimum absolute atomic E-state index is 0.0167. The first-order chi connectivity index (χ1) is 12.3. The molecule has 0 spiro atoms. The average Bonchev–Trinajstić information content (AvgIpc) is 3.24. The maximum atomic E-state index is 12.6. The van der Waals surface area contributed by atoms with Crippen LogP contribution in [-0.4, -0.2) is 46.6 Å². The SMILES string of the molecule is CC(C)(C)OC(=O)NC1CCN(C(=O)c2csc(-c3ccco3)n2)CC1. The lowest BCUT2D eigenvalue weighted by atomic mass is 10.1. The van der Waals surface area contributed by atoms with E-state index in [2.05, 4.69) is 10.3 Å². The minimum atomic E-state index is -0.517. The van der Waals surface area contributed by atoms with Crippen molar-refractivity contribution < 1.29 is 18.7 Å². The van der Waals surface area contributed by atoms with Crippen molar-refractivity contribution in [1.29, 1.82) is 0 Å². The van der Waals surface area contributed by atoms with E-state index in [0.29, 0.717) is 42.4 Å². The van der Waals surface area contributed by atoms with Crippen LogP contribution in [0.3, 0.4) is 0 Å². The second-order valence-corrected chi connectivity index (χ2v) is 8.09. The second kappa shape index (κ2) is 7.49. The molecule has 3 heterocycles. The van der Waals surface area contributed by atoms with Crippen LogP contribution in [0.25, 0.3) is 10.8 Å². The van der Waals surface area contributed by atoms with Crippen LogP contribution in [0.15, 0.2) is 28.2 Å². The summed E-state index contributed by atoms with van der Waals surface area (Å²) in [4.78, 5) is 30.6. The highest BCUT2D eigenvalue weighted by molar-refractivity contribution is 7.13. The number of alkyl carbamates (subject to hydrolysis) is 1. The van der Waals surface area contributed by atoms with Crippen molar-refractivity contribution in [1.82, 2.24) is 15.2 Å². The Labute approximate surface area is 156 Å². The number of carbonyl (C=O) groups excluding carboxylic acids is 2. The number of likely N-dealkylation sites (tertiary alicyclic amines) is 1. The van der Waals surface area contributed by atoms with E-state index in [0.717, 1.165) is 0 Å². The van der Waals surface area contributed by atoms with Gasteiger partial charge in [-0.15, -0.1) is 11.3 Å². The predicted octanol–water partition coefficient (Wildman–Crippen LogP) is 3.53. The van der Waals surface area contributed by atoms with Gasteiger partial charge in [-0.3, -0.25) is 4.79 Å². The molecule has 7 nitrogen and oxygen atoms in total. The lowest BCUT2D eigenvalue weighted by molar-refractivity contribution is 0.0473. The number of ether oxygens (including phenoxy) is 1. The molecule has 0 aliphatic carbocycles. The molecule has 0 bridgehead atoms. The van der Waals surface area contributed by atoms with E-state index in [9.17, 15) is 9.59 Å². The average molecular weight is 377 g/mol. The summed E-state index contributed by atoms with van der Waals surface area (Å²) in [5.74, 6) is 0.573. The first-order valence-corrected chi connectivity index (χ1v) is 9.48. The molecule has 2 aromatic rings. The summed E-state index contributed by atoms with van der Waals surface area (Å²) >= 11 is 1.39. The quantitative estimate of drug-likeness (QED) is 0.884. The van der Waals surface area contributed by atoms with E-state index in [-0.39, 0.29) is 11.9 Å². The molecule has 1 aliphatic rings. The highest BCUT2D eigenvalue weighted by Gasteiger charge is 2.27. The Balaban J connectivity index is 1.52. The summed E-state index contributed by atoms with van der Waals surface area (Å²) in [5.41, 5.74) is -0.0863. The van der Waals surface area contributed by atoms with Crippen molar-refractivity contribution in [3.05, 3.63) is 29.5 Å². The van der Waals surface area contributed by atoms with Gasteiger partial charge in [0.05, 0.1) is 6.26 Å². The molecule has 0 atom stereocenters. The smallest absolute Gasteiger partial charge is 0.407 e. The van der Waals surface area contributed by atoms with Crippen LogP contribution in [0.4, 0.5) is 4.79 Å². The van der Waals surface area contributed by atoms with Crippen LogP contribution in [0.2, 0.25) is 0 Å². The largest absolute Gasteiger partial charge is 0.462 e. The first-order valence-electron chi connectivity index (χ1n) is 8.60. The number of piperidine rings is 1. The van der Waals surface area contributed by atoms with Crippen LogP contribution in [-0.2, 0) is 4.74 Å². The number of rotatable bonds is 3. The zero-order chi connectivity index (χ0) is 18.7. The Bertz CT molecular complexity index is 756.